The lowest BCUT2D eigenvalue weighted by molar-refractivity contribution is 0.181. The number of allylic oxidation sites excluding steroid dienone is 1. The molecule has 0 heterocycles. The molecular weight excluding hydrogens is 238 g/mol. The van der Waals surface area contributed by atoms with Gasteiger partial charge in [0.2, 0.25) is 0 Å². The first-order valence-corrected chi connectivity index (χ1v) is 6.61. The van der Waals surface area contributed by atoms with Crippen LogP contribution in [0.1, 0.15) is 37.9 Å². The first kappa shape index (κ1) is 15.7. The number of hydrogen-bond donors (Lipinski definition) is 1. The van der Waals surface area contributed by atoms with Gasteiger partial charge in [0.25, 0.3) is 0 Å². The molecule has 19 heavy (non-hydrogen) atoms. The standard InChI is InChI=1S/C16H25NO2/c1-12(2)8-9-17-13(3)14-6-7-16(19-5)15(10-14)11-18-4/h6-8,10,13,17H,9,11H2,1-5H3. The van der Waals surface area contributed by atoms with Crippen LogP contribution in [0.15, 0.2) is 29.8 Å². The zero-order chi connectivity index (χ0) is 14.3. The highest BCUT2D eigenvalue weighted by Crippen LogP contribution is 2.23. The van der Waals surface area contributed by atoms with Crippen molar-refractivity contribution >= 4 is 0 Å². The summed E-state index contributed by atoms with van der Waals surface area (Å²) in [6.45, 7) is 7.83. The van der Waals surface area contributed by atoms with Gasteiger partial charge in [0, 0.05) is 25.3 Å². The van der Waals surface area contributed by atoms with Crippen LogP contribution in [0.25, 0.3) is 0 Å². The minimum atomic E-state index is 0.303. The molecule has 0 aliphatic heterocycles. The van der Waals surface area contributed by atoms with Gasteiger partial charge in [0.05, 0.1) is 13.7 Å². The van der Waals surface area contributed by atoms with Crippen molar-refractivity contribution in [3.63, 3.8) is 0 Å². The Balaban J connectivity index is 2.76. The van der Waals surface area contributed by atoms with Crippen molar-refractivity contribution in [2.75, 3.05) is 20.8 Å². The van der Waals surface area contributed by atoms with Gasteiger partial charge in [-0.3, -0.25) is 0 Å². The summed E-state index contributed by atoms with van der Waals surface area (Å²) in [4.78, 5) is 0. The molecular formula is C16H25NO2. The summed E-state index contributed by atoms with van der Waals surface area (Å²) in [5.74, 6) is 0.877. The summed E-state index contributed by atoms with van der Waals surface area (Å²) in [6.07, 6.45) is 2.19. The van der Waals surface area contributed by atoms with Crippen molar-refractivity contribution in [1.82, 2.24) is 5.32 Å². The maximum atomic E-state index is 5.34. The average molecular weight is 263 g/mol. The fourth-order valence-corrected chi connectivity index (χ4v) is 1.89. The van der Waals surface area contributed by atoms with E-state index in [9.17, 15) is 0 Å². The summed E-state index contributed by atoms with van der Waals surface area (Å²) in [7, 11) is 3.38. The van der Waals surface area contributed by atoms with Gasteiger partial charge in [-0.2, -0.15) is 0 Å². The number of rotatable bonds is 7. The lowest BCUT2D eigenvalue weighted by atomic mass is 10.0. The van der Waals surface area contributed by atoms with Gasteiger partial charge in [-0.05, 0) is 38.5 Å². The Morgan fingerprint density at radius 3 is 2.63 bits per heavy atom. The van der Waals surface area contributed by atoms with Crippen molar-refractivity contribution in [3.05, 3.63) is 41.0 Å². The molecule has 0 saturated heterocycles. The molecule has 1 rings (SSSR count). The molecule has 0 bridgehead atoms. The first-order chi connectivity index (χ1) is 9.08. The predicted octanol–water partition coefficient (Wildman–Crippen LogP) is 3.46. The highest BCUT2D eigenvalue weighted by molar-refractivity contribution is 5.38. The molecule has 1 unspecified atom stereocenters. The van der Waals surface area contributed by atoms with Crippen LogP contribution in [0.4, 0.5) is 0 Å². The van der Waals surface area contributed by atoms with Crippen molar-refractivity contribution in [1.29, 1.82) is 0 Å². The lowest BCUT2D eigenvalue weighted by Crippen LogP contribution is -2.19. The number of methoxy groups -OCH3 is 2. The molecule has 0 aromatic heterocycles. The summed E-state index contributed by atoms with van der Waals surface area (Å²) in [5.41, 5.74) is 3.66. The minimum Gasteiger partial charge on any atom is -0.496 e. The molecule has 1 aromatic rings. The second kappa shape index (κ2) is 7.97. The highest BCUT2D eigenvalue weighted by Gasteiger charge is 2.08. The molecule has 1 atom stereocenters. The molecule has 0 aliphatic carbocycles. The second-order valence-corrected chi connectivity index (χ2v) is 4.92. The maximum absolute atomic E-state index is 5.34. The maximum Gasteiger partial charge on any atom is 0.124 e. The van der Waals surface area contributed by atoms with E-state index in [1.165, 1.54) is 11.1 Å². The van der Waals surface area contributed by atoms with Crippen LogP contribution in [0.3, 0.4) is 0 Å². The molecule has 1 aromatic carbocycles. The Labute approximate surface area is 116 Å². The number of ether oxygens (including phenoxy) is 2. The number of benzene rings is 1. The van der Waals surface area contributed by atoms with Crippen LogP contribution in [-0.2, 0) is 11.3 Å². The van der Waals surface area contributed by atoms with Crippen molar-refractivity contribution in [2.45, 2.75) is 33.4 Å². The Bertz CT molecular complexity index is 423. The molecule has 0 aliphatic rings. The fraction of sp³-hybridized carbons (Fsp3) is 0.500. The van der Waals surface area contributed by atoms with Crippen molar-refractivity contribution < 1.29 is 9.47 Å². The van der Waals surface area contributed by atoms with E-state index in [0.29, 0.717) is 12.6 Å². The minimum absolute atomic E-state index is 0.303. The summed E-state index contributed by atoms with van der Waals surface area (Å²) >= 11 is 0. The van der Waals surface area contributed by atoms with Gasteiger partial charge in [-0.15, -0.1) is 0 Å². The van der Waals surface area contributed by atoms with Gasteiger partial charge < -0.3 is 14.8 Å². The highest BCUT2D eigenvalue weighted by atomic mass is 16.5. The topological polar surface area (TPSA) is 30.5 Å². The van der Waals surface area contributed by atoms with E-state index in [4.69, 9.17) is 9.47 Å². The van der Waals surface area contributed by atoms with Crippen LogP contribution in [0.5, 0.6) is 5.75 Å². The predicted molar refractivity (Wildman–Crippen MR) is 79.6 cm³/mol. The van der Waals surface area contributed by atoms with E-state index >= 15 is 0 Å². The number of nitrogens with one attached hydrogen (secondary N) is 1. The second-order valence-electron chi connectivity index (χ2n) is 4.92. The molecule has 0 fully saturated rings. The Morgan fingerprint density at radius 1 is 1.32 bits per heavy atom. The largest absolute Gasteiger partial charge is 0.496 e. The van der Waals surface area contributed by atoms with Crippen LogP contribution >= 0.6 is 0 Å². The van der Waals surface area contributed by atoms with Gasteiger partial charge in [0.1, 0.15) is 5.75 Å². The normalized spacial score (nSPS) is 12.1. The van der Waals surface area contributed by atoms with Gasteiger partial charge >= 0.3 is 0 Å². The molecule has 3 nitrogen and oxygen atoms in total. The van der Waals surface area contributed by atoms with Crippen LogP contribution < -0.4 is 10.1 Å². The molecule has 0 radical (unpaired) electrons. The van der Waals surface area contributed by atoms with Crippen LogP contribution in [-0.4, -0.2) is 20.8 Å². The molecule has 0 amide bonds. The Morgan fingerprint density at radius 2 is 2.05 bits per heavy atom. The third-order valence-corrected chi connectivity index (χ3v) is 3.04. The monoisotopic (exact) mass is 263 g/mol. The first-order valence-electron chi connectivity index (χ1n) is 6.61. The Kier molecular flexibility index (Phi) is 6.60. The lowest BCUT2D eigenvalue weighted by Gasteiger charge is -2.16. The van der Waals surface area contributed by atoms with Crippen LogP contribution in [0, 0.1) is 0 Å². The third-order valence-electron chi connectivity index (χ3n) is 3.04. The molecule has 0 spiro atoms. The number of hydrogen-bond acceptors (Lipinski definition) is 3. The zero-order valence-electron chi connectivity index (χ0n) is 12.6. The SMILES string of the molecule is COCc1cc(C(C)NCC=C(C)C)ccc1OC. The average Bonchev–Trinajstić information content (AvgIpc) is 2.38. The van der Waals surface area contributed by atoms with E-state index in [1.54, 1.807) is 14.2 Å². The Hall–Kier alpha value is -1.32. The van der Waals surface area contributed by atoms with E-state index in [1.807, 2.05) is 6.07 Å². The molecule has 1 N–H and O–H groups in total. The van der Waals surface area contributed by atoms with E-state index < -0.39 is 0 Å². The van der Waals surface area contributed by atoms with E-state index in [2.05, 4.69) is 44.3 Å². The summed E-state index contributed by atoms with van der Waals surface area (Å²) < 4.78 is 10.5. The smallest absolute Gasteiger partial charge is 0.124 e. The van der Waals surface area contributed by atoms with Gasteiger partial charge in [0.15, 0.2) is 0 Å². The van der Waals surface area contributed by atoms with E-state index in [-0.39, 0.29) is 0 Å². The van der Waals surface area contributed by atoms with Crippen LogP contribution in [0.2, 0.25) is 0 Å². The summed E-state index contributed by atoms with van der Waals surface area (Å²) in [6, 6.07) is 6.54. The molecule has 0 saturated carbocycles. The molecule has 106 valence electrons. The van der Waals surface area contributed by atoms with Gasteiger partial charge in [-0.1, -0.05) is 17.7 Å². The quantitative estimate of drug-likeness (QED) is 0.764. The van der Waals surface area contributed by atoms with Gasteiger partial charge in [-0.25, -0.2) is 0 Å². The zero-order valence-corrected chi connectivity index (χ0v) is 12.6. The fourth-order valence-electron chi connectivity index (χ4n) is 1.89. The van der Waals surface area contributed by atoms with E-state index in [0.717, 1.165) is 17.9 Å². The summed E-state index contributed by atoms with van der Waals surface area (Å²) in [5, 5.41) is 3.48. The van der Waals surface area contributed by atoms with Crippen molar-refractivity contribution in [3.8, 4) is 5.75 Å². The molecule has 3 heteroatoms. The third kappa shape index (κ3) is 5.05. The van der Waals surface area contributed by atoms with Crippen molar-refractivity contribution in [2.24, 2.45) is 0 Å².